The minimum Gasteiger partial charge on any atom is -0.455 e. The SMILES string of the molecule is Cc1noc(C)c1CC(=O)OCC(=O)N1CCN(c2ccccc2)CC1. The van der Waals surface area contributed by atoms with Crippen molar-refractivity contribution in [3.63, 3.8) is 0 Å². The van der Waals surface area contributed by atoms with Crippen LogP contribution in [-0.4, -0.2) is 54.7 Å². The maximum absolute atomic E-state index is 12.3. The number of carbonyl (C=O) groups is 2. The van der Waals surface area contributed by atoms with E-state index in [-0.39, 0.29) is 18.9 Å². The largest absolute Gasteiger partial charge is 0.455 e. The molecule has 0 atom stereocenters. The second-order valence-electron chi connectivity index (χ2n) is 6.34. The Morgan fingerprint density at radius 1 is 1.12 bits per heavy atom. The summed E-state index contributed by atoms with van der Waals surface area (Å²) in [7, 11) is 0. The number of para-hydroxylation sites is 1. The second-order valence-corrected chi connectivity index (χ2v) is 6.34. The molecule has 2 heterocycles. The molecule has 0 bridgehead atoms. The van der Waals surface area contributed by atoms with E-state index in [0.717, 1.165) is 24.3 Å². The molecule has 0 radical (unpaired) electrons. The Kier molecular flexibility index (Phi) is 5.55. The van der Waals surface area contributed by atoms with Crippen LogP contribution in [0.2, 0.25) is 0 Å². The zero-order valence-corrected chi connectivity index (χ0v) is 15.1. The molecule has 1 fully saturated rings. The number of aryl methyl sites for hydroxylation is 2. The first kappa shape index (κ1) is 18.0. The highest BCUT2D eigenvalue weighted by molar-refractivity contribution is 5.81. The third kappa shape index (κ3) is 4.22. The number of ether oxygens (including phenoxy) is 1. The van der Waals surface area contributed by atoms with E-state index >= 15 is 0 Å². The van der Waals surface area contributed by atoms with Crippen molar-refractivity contribution in [2.45, 2.75) is 20.3 Å². The first-order valence-electron chi connectivity index (χ1n) is 8.69. The predicted molar refractivity (Wildman–Crippen MR) is 95.9 cm³/mol. The molecule has 1 saturated heterocycles. The lowest BCUT2D eigenvalue weighted by molar-refractivity contribution is -0.151. The van der Waals surface area contributed by atoms with Crippen LogP contribution in [0, 0.1) is 13.8 Å². The number of anilines is 1. The predicted octanol–water partition coefficient (Wildman–Crippen LogP) is 1.73. The van der Waals surface area contributed by atoms with E-state index in [4.69, 9.17) is 9.26 Å². The van der Waals surface area contributed by atoms with E-state index in [1.54, 1.807) is 18.7 Å². The van der Waals surface area contributed by atoms with Crippen LogP contribution in [0.3, 0.4) is 0 Å². The van der Waals surface area contributed by atoms with Crippen molar-refractivity contribution in [2.24, 2.45) is 0 Å². The van der Waals surface area contributed by atoms with Gasteiger partial charge in [-0.15, -0.1) is 0 Å². The molecule has 138 valence electrons. The van der Waals surface area contributed by atoms with E-state index < -0.39 is 5.97 Å². The van der Waals surface area contributed by atoms with Crippen LogP contribution in [0.25, 0.3) is 0 Å². The number of rotatable bonds is 5. The number of hydrogen-bond acceptors (Lipinski definition) is 6. The molecule has 0 aliphatic carbocycles. The zero-order chi connectivity index (χ0) is 18.5. The summed E-state index contributed by atoms with van der Waals surface area (Å²) in [6, 6.07) is 10.1. The van der Waals surface area contributed by atoms with Gasteiger partial charge in [0, 0.05) is 37.4 Å². The fourth-order valence-electron chi connectivity index (χ4n) is 3.04. The average Bonchev–Trinajstić information content (AvgIpc) is 2.99. The maximum Gasteiger partial charge on any atom is 0.310 e. The summed E-state index contributed by atoms with van der Waals surface area (Å²) in [6.45, 7) is 6.07. The van der Waals surface area contributed by atoms with E-state index in [1.807, 2.05) is 18.2 Å². The number of hydrogen-bond donors (Lipinski definition) is 0. The van der Waals surface area contributed by atoms with Crippen LogP contribution in [0.15, 0.2) is 34.9 Å². The molecule has 7 heteroatoms. The summed E-state index contributed by atoms with van der Waals surface area (Å²) >= 11 is 0. The Bertz CT molecular complexity index is 745. The number of piperazine rings is 1. The van der Waals surface area contributed by atoms with Crippen LogP contribution in [0.4, 0.5) is 5.69 Å². The first-order chi connectivity index (χ1) is 12.5. The molecule has 0 N–H and O–H groups in total. The summed E-state index contributed by atoms with van der Waals surface area (Å²) in [5.41, 5.74) is 2.55. The third-order valence-corrected chi connectivity index (χ3v) is 4.61. The summed E-state index contributed by atoms with van der Waals surface area (Å²) in [4.78, 5) is 28.2. The molecule has 3 rings (SSSR count). The summed E-state index contributed by atoms with van der Waals surface area (Å²) in [6.07, 6.45) is 0.0657. The van der Waals surface area contributed by atoms with E-state index in [0.29, 0.717) is 24.5 Å². The quantitative estimate of drug-likeness (QED) is 0.759. The van der Waals surface area contributed by atoms with Crippen molar-refractivity contribution in [1.82, 2.24) is 10.1 Å². The summed E-state index contributed by atoms with van der Waals surface area (Å²) in [5.74, 6) is -0.0108. The van der Waals surface area contributed by atoms with Gasteiger partial charge in [0.1, 0.15) is 5.76 Å². The molecule has 1 amide bonds. The molecular weight excluding hydrogens is 334 g/mol. The van der Waals surface area contributed by atoms with Crippen LogP contribution in [-0.2, 0) is 20.7 Å². The number of esters is 1. The second kappa shape index (κ2) is 8.03. The van der Waals surface area contributed by atoms with E-state index in [9.17, 15) is 9.59 Å². The molecule has 0 unspecified atom stereocenters. The standard InChI is InChI=1S/C19H23N3O4/c1-14-17(15(2)26-20-14)12-19(24)25-13-18(23)22-10-8-21(9-11-22)16-6-4-3-5-7-16/h3-7H,8-13H2,1-2H3. The maximum atomic E-state index is 12.3. The average molecular weight is 357 g/mol. The van der Waals surface area contributed by atoms with Crippen LogP contribution >= 0.6 is 0 Å². The first-order valence-corrected chi connectivity index (χ1v) is 8.69. The van der Waals surface area contributed by atoms with Gasteiger partial charge < -0.3 is 19.1 Å². The Balaban J connectivity index is 1.44. The molecule has 0 spiro atoms. The molecular formula is C19H23N3O4. The van der Waals surface area contributed by atoms with Crippen LogP contribution < -0.4 is 4.90 Å². The highest BCUT2D eigenvalue weighted by atomic mass is 16.5. The minimum absolute atomic E-state index is 0.0657. The highest BCUT2D eigenvalue weighted by Gasteiger charge is 2.22. The number of carbonyl (C=O) groups excluding carboxylic acids is 2. The fraction of sp³-hybridized carbons (Fsp3) is 0.421. The lowest BCUT2D eigenvalue weighted by Crippen LogP contribution is -2.49. The Morgan fingerprint density at radius 2 is 1.81 bits per heavy atom. The summed E-state index contributed by atoms with van der Waals surface area (Å²) in [5, 5.41) is 3.81. The highest BCUT2D eigenvalue weighted by Crippen LogP contribution is 2.16. The zero-order valence-electron chi connectivity index (χ0n) is 15.1. The van der Waals surface area contributed by atoms with Crippen molar-refractivity contribution in [3.05, 3.63) is 47.3 Å². The minimum atomic E-state index is -0.448. The van der Waals surface area contributed by atoms with Crippen molar-refractivity contribution in [1.29, 1.82) is 0 Å². The van der Waals surface area contributed by atoms with Gasteiger partial charge in [0.25, 0.3) is 5.91 Å². The van der Waals surface area contributed by atoms with Gasteiger partial charge >= 0.3 is 5.97 Å². The van der Waals surface area contributed by atoms with Crippen molar-refractivity contribution < 1.29 is 18.8 Å². The number of amides is 1. The van der Waals surface area contributed by atoms with Gasteiger partial charge in [-0.1, -0.05) is 23.4 Å². The summed E-state index contributed by atoms with van der Waals surface area (Å²) < 4.78 is 10.2. The molecule has 1 aliphatic heterocycles. The Labute approximate surface area is 152 Å². The van der Waals surface area contributed by atoms with Crippen molar-refractivity contribution >= 4 is 17.6 Å². The molecule has 7 nitrogen and oxygen atoms in total. The lowest BCUT2D eigenvalue weighted by atomic mass is 10.1. The van der Waals surface area contributed by atoms with Gasteiger partial charge in [0.2, 0.25) is 0 Å². The van der Waals surface area contributed by atoms with Gasteiger partial charge in [0.05, 0.1) is 12.1 Å². The molecule has 0 saturated carbocycles. The molecule has 26 heavy (non-hydrogen) atoms. The normalized spacial score (nSPS) is 14.4. The van der Waals surface area contributed by atoms with E-state index in [1.165, 1.54) is 0 Å². The van der Waals surface area contributed by atoms with Gasteiger partial charge in [-0.05, 0) is 26.0 Å². The topological polar surface area (TPSA) is 75.9 Å². The Morgan fingerprint density at radius 3 is 2.42 bits per heavy atom. The van der Waals surface area contributed by atoms with Gasteiger partial charge in [-0.25, -0.2) is 0 Å². The number of benzene rings is 1. The molecule has 1 aromatic heterocycles. The smallest absolute Gasteiger partial charge is 0.310 e. The van der Waals surface area contributed by atoms with Gasteiger partial charge in [-0.3, -0.25) is 9.59 Å². The van der Waals surface area contributed by atoms with Crippen LogP contribution in [0.5, 0.6) is 0 Å². The van der Waals surface area contributed by atoms with E-state index in [2.05, 4.69) is 22.2 Å². The third-order valence-electron chi connectivity index (χ3n) is 4.61. The van der Waals surface area contributed by atoms with Crippen molar-refractivity contribution in [2.75, 3.05) is 37.7 Å². The molecule has 2 aromatic rings. The fourth-order valence-corrected chi connectivity index (χ4v) is 3.04. The monoisotopic (exact) mass is 357 g/mol. The van der Waals surface area contributed by atoms with Crippen LogP contribution in [0.1, 0.15) is 17.0 Å². The van der Waals surface area contributed by atoms with Gasteiger partial charge in [0.15, 0.2) is 6.61 Å². The number of nitrogens with zero attached hydrogens (tertiary/aromatic N) is 3. The Hall–Kier alpha value is -2.83. The van der Waals surface area contributed by atoms with Crippen molar-refractivity contribution in [3.8, 4) is 0 Å². The number of aromatic nitrogens is 1. The lowest BCUT2D eigenvalue weighted by Gasteiger charge is -2.36. The molecule has 1 aromatic carbocycles. The molecule has 1 aliphatic rings. The van der Waals surface area contributed by atoms with Gasteiger partial charge in [-0.2, -0.15) is 0 Å².